The standard InChI is InChI=1S/C17H25NO/c1-12-10-14(8-9-19-12)18-16-15-7-5-4-6-13(15)11-17(16,2)3/h4-7,12,14,16,18H,8-11H2,1-3H3. The highest BCUT2D eigenvalue weighted by Crippen LogP contribution is 2.45. The van der Waals surface area contributed by atoms with E-state index in [2.05, 4.69) is 50.4 Å². The summed E-state index contributed by atoms with van der Waals surface area (Å²) in [5, 5.41) is 3.91. The van der Waals surface area contributed by atoms with Crippen LogP contribution in [0.2, 0.25) is 0 Å². The topological polar surface area (TPSA) is 21.3 Å². The molecule has 1 saturated heterocycles. The lowest BCUT2D eigenvalue weighted by Gasteiger charge is -2.36. The molecule has 1 aliphatic carbocycles. The van der Waals surface area contributed by atoms with Crippen molar-refractivity contribution in [1.29, 1.82) is 0 Å². The van der Waals surface area contributed by atoms with Crippen molar-refractivity contribution in [3.05, 3.63) is 35.4 Å². The number of ether oxygens (including phenoxy) is 1. The summed E-state index contributed by atoms with van der Waals surface area (Å²) in [5.41, 5.74) is 3.34. The van der Waals surface area contributed by atoms with Crippen molar-refractivity contribution < 1.29 is 4.74 Å². The van der Waals surface area contributed by atoms with Crippen LogP contribution in [-0.4, -0.2) is 18.8 Å². The van der Waals surface area contributed by atoms with Gasteiger partial charge in [-0.15, -0.1) is 0 Å². The Bertz CT molecular complexity index is 454. The highest BCUT2D eigenvalue weighted by molar-refractivity contribution is 5.37. The number of fused-ring (bicyclic) bond motifs is 1. The molecule has 3 unspecified atom stereocenters. The Labute approximate surface area is 116 Å². The number of hydrogen-bond donors (Lipinski definition) is 1. The zero-order valence-electron chi connectivity index (χ0n) is 12.3. The molecule has 3 atom stereocenters. The third kappa shape index (κ3) is 2.56. The molecule has 0 spiro atoms. The van der Waals surface area contributed by atoms with Crippen LogP contribution in [0.25, 0.3) is 0 Å². The molecule has 0 aromatic heterocycles. The van der Waals surface area contributed by atoms with E-state index >= 15 is 0 Å². The number of benzene rings is 1. The maximum atomic E-state index is 5.65. The molecule has 0 amide bonds. The Kier molecular flexibility index (Phi) is 3.40. The van der Waals surface area contributed by atoms with Gasteiger partial charge in [0.2, 0.25) is 0 Å². The third-order valence-electron chi connectivity index (χ3n) is 4.68. The molecule has 1 aromatic carbocycles. The fraction of sp³-hybridized carbons (Fsp3) is 0.647. The van der Waals surface area contributed by atoms with Gasteiger partial charge >= 0.3 is 0 Å². The molecule has 1 N–H and O–H groups in total. The van der Waals surface area contributed by atoms with Gasteiger partial charge < -0.3 is 10.1 Å². The van der Waals surface area contributed by atoms with Crippen LogP contribution in [0.15, 0.2) is 24.3 Å². The Hall–Kier alpha value is -0.860. The van der Waals surface area contributed by atoms with Gasteiger partial charge in [-0.25, -0.2) is 0 Å². The molecule has 0 bridgehead atoms. The van der Waals surface area contributed by atoms with E-state index in [-0.39, 0.29) is 0 Å². The molecule has 1 aromatic rings. The van der Waals surface area contributed by atoms with Crippen molar-refractivity contribution in [2.45, 2.75) is 58.2 Å². The Morgan fingerprint density at radius 3 is 2.84 bits per heavy atom. The van der Waals surface area contributed by atoms with E-state index in [1.165, 1.54) is 17.5 Å². The van der Waals surface area contributed by atoms with Gasteiger partial charge in [-0.05, 0) is 42.7 Å². The van der Waals surface area contributed by atoms with E-state index in [1.54, 1.807) is 0 Å². The Morgan fingerprint density at radius 1 is 1.26 bits per heavy atom. The minimum Gasteiger partial charge on any atom is -0.378 e. The molecule has 2 aliphatic rings. The summed E-state index contributed by atoms with van der Waals surface area (Å²) in [6, 6.07) is 9.99. The Balaban J connectivity index is 1.79. The Morgan fingerprint density at radius 2 is 2.05 bits per heavy atom. The summed E-state index contributed by atoms with van der Waals surface area (Å²) >= 11 is 0. The molecule has 2 nitrogen and oxygen atoms in total. The summed E-state index contributed by atoms with van der Waals surface area (Å²) < 4.78 is 5.65. The van der Waals surface area contributed by atoms with Crippen molar-refractivity contribution in [3.8, 4) is 0 Å². The average Bonchev–Trinajstić information content (AvgIpc) is 2.61. The summed E-state index contributed by atoms with van der Waals surface area (Å²) in [4.78, 5) is 0. The average molecular weight is 259 g/mol. The highest BCUT2D eigenvalue weighted by Gasteiger charge is 2.39. The SMILES string of the molecule is CC1CC(NC2c3ccccc3CC2(C)C)CCO1. The van der Waals surface area contributed by atoms with Gasteiger partial charge in [0.1, 0.15) is 0 Å². The van der Waals surface area contributed by atoms with E-state index in [1.807, 2.05) is 0 Å². The van der Waals surface area contributed by atoms with E-state index < -0.39 is 0 Å². The zero-order valence-corrected chi connectivity index (χ0v) is 12.3. The number of rotatable bonds is 2. The quantitative estimate of drug-likeness (QED) is 0.878. The van der Waals surface area contributed by atoms with Crippen LogP contribution in [0.5, 0.6) is 0 Å². The first-order valence-corrected chi connectivity index (χ1v) is 7.52. The van der Waals surface area contributed by atoms with Gasteiger partial charge in [-0.2, -0.15) is 0 Å². The van der Waals surface area contributed by atoms with Crippen molar-refractivity contribution in [1.82, 2.24) is 5.32 Å². The van der Waals surface area contributed by atoms with E-state index in [0.717, 1.165) is 19.4 Å². The maximum absolute atomic E-state index is 5.65. The maximum Gasteiger partial charge on any atom is 0.0561 e. The van der Waals surface area contributed by atoms with Crippen LogP contribution in [0, 0.1) is 5.41 Å². The lowest BCUT2D eigenvalue weighted by molar-refractivity contribution is 0.00808. The molecule has 0 radical (unpaired) electrons. The van der Waals surface area contributed by atoms with Crippen molar-refractivity contribution in [2.24, 2.45) is 5.41 Å². The van der Waals surface area contributed by atoms with Crippen molar-refractivity contribution in [3.63, 3.8) is 0 Å². The molecular formula is C17H25NO. The van der Waals surface area contributed by atoms with Gasteiger partial charge in [-0.3, -0.25) is 0 Å². The lowest BCUT2D eigenvalue weighted by atomic mass is 9.84. The molecule has 3 rings (SSSR count). The molecule has 1 aliphatic heterocycles. The predicted molar refractivity (Wildman–Crippen MR) is 78.2 cm³/mol. The lowest BCUT2D eigenvalue weighted by Crippen LogP contribution is -2.43. The van der Waals surface area contributed by atoms with E-state index in [4.69, 9.17) is 4.74 Å². The van der Waals surface area contributed by atoms with Crippen molar-refractivity contribution in [2.75, 3.05) is 6.61 Å². The molecular weight excluding hydrogens is 234 g/mol. The summed E-state index contributed by atoms with van der Waals surface area (Å²) in [6.07, 6.45) is 3.85. The predicted octanol–water partition coefficient (Wildman–Crippen LogP) is 3.47. The van der Waals surface area contributed by atoms with Gasteiger partial charge in [-0.1, -0.05) is 38.1 Å². The zero-order chi connectivity index (χ0) is 13.5. The number of hydrogen-bond acceptors (Lipinski definition) is 2. The molecule has 19 heavy (non-hydrogen) atoms. The molecule has 1 fully saturated rings. The molecule has 0 saturated carbocycles. The van der Waals surface area contributed by atoms with Gasteiger partial charge in [0.25, 0.3) is 0 Å². The molecule has 2 heteroatoms. The summed E-state index contributed by atoms with van der Waals surface area (Å²) in [6.45, 7) is 7.84. The van der Waals surface area contributed by atoms with Crippen LogP contribution in [-0.2, 0) is 11.2 Å². The fourth-order valence-electron chi connectivity index (χ4n) is 3.69. The van der Waals surface area contributed by atoms with Gasteiger partial charge in [0, 0.05) is 18.7 Å². The highest BCUT2D eigenvalue weighted by atomic mass is 16.5. The largest absolute Gasteiger partial charge is 0.378 e. The first-order valence-electron chi connectivity index (χ1n) is 7.52. The monoisotopic (exact) mass is 259 g/mol. The molecule has 104 valence electrons. The third-order valence-corrected chi connectivity index (χ3v) is 4.68. The second-order valence-electron chi connectivity index (χ2n) is 6.87. The second kappa shape index (κ2) is 4.92. The molecule has 1 heterocycles. The van der Waals surface area contributed by atoms with Crippen LogP contribution >= 0.6 is 0 Å². The van der Waals surface area contributed by atoms with Gasteiger partial charge in [0.15, 0.2) is 0 Å². The van der Waals surface area contributed by atoms with E-state index in [9.17, 15) is 0 Å². The van der Waals surface area contributed by atoms with Crippen LogP contribution < -0.4 is 5.32 Å². The van der Waals surface area contributed by atoms with Crippen LogP contribution in [0.3, 0.4) is 0 Å². The first-order chi connectivity index (χ1) is 9.06. The fourth-order valence-corrected chi connectivity index (χ4v) is 3.69. The smallest absolute Gasteiger partial charge is 0.0561 e. The van der Waals surface area contributed by atoms with Gasteiger partial charge in [0.05, 0.1) is 6.10 Å². The number of nitrogens with one attached hydrogen (secondary N) is 1. The summed E-state index contributed by atoms with van der Waals surface area (Å²) in [7, 11) is 0. The summed E-state index contributed by atoms with van der Waals surface area (Å²) in [5.74, 6) is 0. The first kappa shape index (κ1) is 13.1. The van der Waals surface area contributed by atoms with Crippen LogP contribution in [0.4, 0.5) is 0 Å². The van der Waals surface area contributed by atoms with E-state index in [0.29, 0.717) is 23.6 Å². The van der Waals surface area contributed by atoms with Crippen LogP contribution in [0.1, 0.15) is 50.8 Å². The minimum atomic E-state index is 0.311. The normalized spacial score (nSPS) is 33.1. The van der Waals surface area contributed by atoms with Crippen molar-refractivity contribution >= 4 is 0 Å². The minimum absolute atomic E-state index is 0.311. The second-order valence-corrected chi connectivity index (χ2v) is 6.87.